The van der Waals surface area contributed by atoms with E-state index < -0.39 is 5.41 Å². The number of hydrogen-bond donors (Lipinski definition) is 1. The molecule has 4 rings (SSSR count). The van der Waals surface area contributed by atoms with E-state index in [1.165, 1.54) is 12.8 Å². The molecule has 1 saturated heterocycles. The van der Waals surface area contributed by atoms with Gasteiger partial charge in [0, 0.05) is 30.3 Å². The number of carbonyl (C=O) groups excluding carboxylic acids is 1. The Morgan fingerprint density at radius 1 is 1.00 bits per heavy atom. The van der Waals surface area contributed by atoms with Gasteiger partial charge in [0.15, 0.2) is 0 Å². The minimum absolute atomic E-state index is 0.0755. The van der Waals surface area contributed by atoms with E-state index in [2.05, 4.69) is 24.1 Å². The second-order valence-electron chi connectivity index (χ2n) is 10.2. The first-order chi connectivity index (χ1) is 15.9. The number of ether oxygens (including phenoxy) is 1. The largest absolute Gasteiger partial charge is 0.492 e. The van der Waals surface area contributed by atoms with Crippen molar-refractivity contribution in [3.8, 4) is 5.75 Å². The van der Waals surface area contributed by atoms with Gasteiger partial charge in [0.25, 0.3) is 0 Å². The molecule has 1 N–H and O–H groups in total. The van der Waals surface area contributed by atoms with Gasteiger partial charge in [-0.3, -0.25) is 9.69 Å². The molecule has 1 aliphatic carbocycles. The number of likely N-dealkylation sites (tertiary alicyclic amines) is 1. The standard InChI is InChI=1S/C28H37ClN2O2/c1-21-18-22(2)20-31(19-21)16-17-33-26-12-10-25(11-13-26)30-27(32)28(14-4-3-5-15-28)23-6-8-24(29)9-7-23/h6-13,21-22H,3-5,14-20H2,1-2H3,(H,30,32). The molecule has 0 aromatic heterocycles. The number of benzene rings is 2. The Morgan fingerprint density at radius 2 is 1.64 bits per heavy atom. The number of rotatable bonds is 7. The number of amides is 1. The molecule has 2 fully saturated rings. The number of hydrogen-bond acceptors (Lipinski definition) is 3. The minimum Gasteiger partial charge on any atom is -0.492 e. The van der Waals surface area contributed by atoms with Gasteiger partial charge in [-0.25, -0.2) is 0 Å². The molecule has 2 unspecified atom stereocenters. The molecule has 2 aliphatic rings. The fourth-order valence-electron chi connectivity index (χ4n) is 5.72. The molecule has 1 amide bonds. The predicted molar refractivity (Wildman–Crippen MR) is 136 cm³/mol. The molecule has 2 atom stereocenters. The van der Waals surface area contributed by atoms with Crippen LogP contribution in [0.15, 0.2) is 48.5 Å². The van der Waals surface area contributed by atoms with E-state index in [1.807, 2.05) is 48.5 Å². The van der Waals surface area contributed by atoms with Crippen LogP contribution in [0, 0.1) is 11.8 Å². The van der Waals surface area contributed by atoms with E-state index in [4.69, 9.17) is 16.3 Å². The van der Waals surface area contributed by atoms with Gasteiger partial charge < -0.3 is 10.1 Å². The lowest BCUT2D eigenvalue weighted by molar-refractivity contribution is -0.122. The van der Waals surface area contributed by atoms with Crippen LogP contribution in [-0.2, 0) is 10.2 Å². The summed E-state index contributed by atoms with van der Waals surface area (Å²) in [5.41, 5.74) is 1.39. The summed E-state index contributed by atoms with van der Waals surface area (Å²) in [5, 5.41) is 3.87. The van der Waals surface area contributed by atoms with Crippen LogP contribution in [0.3, 0.4) is 0 Å². The van der Waals surface area contributed by atoms with Crippen molar-refractivity contribution in [3.05, 3.63) is 59.1 Å². The molecule has 178 valence electrons. The molecule has 1 aliphatic heterocycles. The number of nitrogens with zero attached hydrogens (tertiary/aromatic N) is 1. The third kappa shape index (κ3) is 6.10. The van der Waals surface area contributed by atoms with Crippen LogP contribution in [0.1, 0.15) is 57.9 Å². The molecule has 2 aromatic rings. The number of nitrogens with one attached hydrogen (secondary N) is 1. The normalized spacial score (nSPS) is 23.1. The van der Waals surface area contributed by atoms with Gasteiger partial charge in [-0.05, 0) is 73.1 Å². The van der Waals surface area contributed by atoms with E-state index in [-0.39, 0.29) is 5.91 Å². The average molecular weight is 469 g/mol. The highest BCUT2D eigenvalue weighted by atomic mass is 35.5. The highest BCUT2D eigenvalue weighted by Gasteiger charge is 2.41. The third-order valence-electron chi connectivity index (χ3n) is 7.27. The lowest BCUT2D eigenvalue weighted by atomic mass is 9.68. The number of carbonyl (C=O) groups is 1. The topological polar surface area (TPSA) is 41.6 Å². The Kier molecular flexibility index (Phi) is 7.98. The zero-order valence-corrected chi connectivity index (χ0v) is 20.7. The zero-order valence-electron chi connectivity index (χ0n) is 20.0. The summed E-state index contributed by atoms with van der Waals surface area (Å²) in [5.74, 6) is 2.44. The van der Waals surface area contributed by atoms with Gasteiger partial charge in [0.1, 0.15) is 12.4 Å². The van der Waals surface area contributed by atoms with Crippen molar-refractivity contribution < 1.29 is 9.53 Å². The predicted octanol–water partition coefficient (Wildman–Crippen LogP) is 6.54. The van der Waals surface area contributed by atoms with Crippen LogP contribution >= 0.6 is 11.6 Å². The highest BCUT2D eigenvalue weighted by Crippen LogP contribution is 2.41. The molecule has 2 aromatic carbocycles. The van der Waals surface area contributed by atoms with Crippen molar-refractivity contribution in [1.29, 1.82) is 0 Å². The summed E-state index contributed by atoms with van der Waals surface area (Å²) in [7, 11) is 0. The molecular weight excluding hydrogens is 432 g/mol. The van der Waals surface area contributed by atoms with E-state index >= 15 is 0 Å². The van der Waals surface area contributed by atoms with Crippen LogP contribution in [0.2, 0.25) is 5.02 Å². The number of anilines is 1. The van der Waals surface area contributed by atoms with Crippen molar-refractivity contribution >= 4 is 23.2 Å². The summed E-state index contributed by atoms with van der Waals surface area (Å²) >= 11 is 6.10. The van der Waals surface area contributed by atoms with E-state index in [9.17, 15) is 4.79 Å². The van der Waals surface area contributed by atoms with Crippen LogP contribution in [-0.4, -0.2) is 37.0 Å². The Morgan fingerprint density at radius 3 is 2.27 bits per heavy atom. The summed E-state index contributed by atoms with van der Waals surface area (Å²) in [4.78, 5) is 16.0. The fourth-order valence-corrected chi connectivity index (χ4v) is 5.85. The molecule has 4 nitrogen and oxygen atoms in total. The number of halogens is 1. The van der Waals surface area contributed by atoms with E-state index in [1.54, 1.807) is 0 Å². The second-order valence-corrected chi connectivity index (χ2v) is 10.6. The zero-order chi connectivity index (χ0) is 23.3. The van der Waals surface area contributed by atoms with Crippen LogP contribution < -0.4 is 10.1 Å². The summed E-state index contributed by atoms with van der Waals surface area (Å²) in [6.45, 7) is 8.63. The average Bonchev–Trinajstić information content (AvgIpc) is 2.80. The van der Waals surface area contributed by atoms with Gasteiger partial charge in [-0.1, -0.05) is 56.8 Å². The van der Waals surface area contributed by atoms with Crippen molar-refractivity contribution in [2.24, 2.45) is 11.8 Å². The van der Waals surface area contributed by atoms with Crippen molar-refractivity contribution in [2.45, 2.75) is 57.8 Å². The monoisotopic (exact) mass is 468 g/mol. The van der Waals surface area contributed by atoms with Gasteiger partial charge in [-0.15, -0.1) is 0 Å². The molecule has 0 radical (unpaired) electrons. The SMILES string of the molecule is CC1CC(C)CN(CCOc2ccc(NC(=O)C3(c4ccc(Cl)cc4)CCCCC3)cc2)C1. The molecule has 0 bridgehead atoms. The van der Waals surface area contributed by atoms with Crippen molar-refractivity contribution in [2.75, 3.05) is 31.6 Å². The molecule has 1 saturated carbocycles. The quantitative estimate of drug-likeness (QED) is 0.501. The highest BCUT2D eigenvalue weighted by molar-refractivity contribution is 6.30. The van der Waals surface area contributed by atoms with Gasteiger partial charge in [-0.2, -0.15) is 0 Å². The Hall–Kier alpha value is -2.04. The van der Waals surface area contributed by atoms with Gasteiger partial charge in [0.05, 0.1) is 5.41 Å². The Balaban J connectivity index is 1.34. The number of piperidine rings is 1. The lowest BCUT2D eigenvalue weighted by Gasteiger charge is -2.36. The first-order valence-electron chi connectivity index (χ1n) is 12.5. The third-order valence-corrected chi connectivity index (χ3v) is 7.52. The van der Waals surface area contributed by atoms with Crippen LogP contribution in [0.5, 0.6) is 5.75 Å². The maximum absolute atomic E-state index is 13.5. The Bertz CT molecular complexity index is 896. The lowest BCUT2D eigenvalue weighted by Crippen LogP contribution is -2.42. The van der Waals surface area contributed by atoms with Crippen molar-refractivity contribution in [3.63, 3.8) is 0 Å². The first-order valence-corrected chi connectivity index (χ1v) is 12.9. The molecular formula is C28H37ClN2O2. The summed E-state index contributed by atoms with van der Waals surface area (Å²) in [6, 6.07) is 15.6. The van der Waals surface area contributed by atoms with Crippen LogP contribution in [0.25, 0.3) is 0 Å². The van der Waals surface area contributed by atoms with E-state index in [0.29, 0.717) is 11.6 Å². The summed E-state index contributed by atoms with van der Waals surface area (Å²) < 4.78 is 5.99. The second kappa shape index (κ2) is 10.9. The fraction of sp³-hybridized carbons (Fsp3) is 0.536. The molecule has 5 heteroatoms. The Labute approximate surface area is 203 Å². The minimum atomic E-state index is -0.485. The van der Waals surface area contributed by atoms with Gasteiger partial charge in [0.2, 0.25) is 5.91 Å². The van der Waals surface area contributed by atoms with Gasteiger partial charge >= 0.3 is 0 Å². The maximum atomic E-state index is 13.5. The molecule has 33 heavy (non-hydrogen) atoms. The summed E-state index contributed by atoms with van der Waals surface area (Å²) in [6.07, 6.45) is 6.38. The maximum Gasteiger partial charge on any atom is 0.235 e. The van der Waals surface area contributed by atoms with Crippen molar-refractivity contribution in [1.82, 2.24) is 4.90 Å². The van der Waals surface area contributed by atoms with E-state index in [0.717, 1.165) is 74.2 Å². The smallest absolute Gasteiger partial charge is 0.235 e. The van der Waals surface area contributed by atoms with Crippen LogP contribution in [0.4, 0.5) is 5.69 Å². The molecule has 0 spiro atoms. The molecule has 1 heterocycles. The first kappa shape index (κ1) is 24.1.